The normalized spacial score (nSPS) is 12.1. The van der Waals surface area contributed by atoms with Gasteiger partial charge in [-0.2, -0.15) is 28.3 Å². The Labute approximate surface area is 183 Å². The minimum absolute atomic E-state index is 0. The molecule has 1 aliphatic rings. The van der Waals surface area contributed by atoms with Gasteiger partial charge in [-0.25, -0.2) is 0 Å². The Hall–Kier alpha value is -2.16. The SMILES string of the molecule is CC(C)Oc1ccc(-c2nc(-c3cccc4c3CC[CH-]4)no2)cc1C#N.[Y]. The number of nitriles is 1. The topological polar surface area (TPSA) is 71.9 Å². The Morgan fingerprint density at radius 3 is 2.89 bits per heavy atom. The van der Waals surface area contributed by atoms with Gasteiger partial charge in [-0.3, -0.25) is 0 Å². The average molecular weight is 433 g/mol. The van der Waals surface area contributed by atoms with E-state index in [1.54, 1.807) is 12.1 Å². The minimum Gasteiger partial charge on any atom is -0.490 e. The zero-order valence-corrected chi connectivity index (χ0v) is 18.1. The molecule has 133 valence electrons. The Morgan fingerprint density at radius 2 is 2.11 bits per heavy atom. The van der Waals surface area contributed by atoms with E-state index in [4.69, 9.17) is 9.26 Å². The van der Waals surface area contributed by atoms with Gasteiger partial charge in [-0.1, -0.05) is 24.1 Å². The quantitative estimate of drug-likeness (QED) is 0.565. The molecule has 0 aliphatic heterocycles. The van der Waals surface area contributed by atoms with Gasteiger partial charge in [-0.15, -0.1) is 11.6 Å². The van der Waals surface area contributed by atoms with E-state index in [2.05, 4.69) is 28.7 Å². The van der Waals surface area contributed by atoms with Crippen molar-refractivity contribution in [3.05, 3.63) is 59.5 Å². The summed E-state index contributed by atoms with van der Waals surface area (Å²) in [6.45, 7) is 3.85. The molecule has 27 heavy (non-hydrogen) atoms. The zero-order chi connectivity index (χ0) is 18.1. The largest absolute Gasteiger partial charge is 0.490 e. The van der Waals surface area contributed by atoms with E-state index >= 15 is 0 Å². The molecule has 0 atom stereocenters. The fourth-order valence-corrected chi connectivity index (χ4v) is 3.21. The summed E-state index contributed by atoms with van der Waals surface area (Å²) in [5.74, 6) is 1.53. The molecule has 0 saturated heterocycles. The van der Waals surface area contributed by atoms with Crippen LogP contribution in [0.15, 0.2) is 40.9 Å². The summed E-state index contributed by atoms with van der Waals surface area (Å²) in [6.07, 6.45) is 4.27. The van der Waals surface area contributed by atoms with Crippen LogP contribution in [0.5, 0.6) is 5.75 Å². The number of hydrogen-bond acceptors (Lipinski definition) is 5. The second-order valence-corrected chi connectivity index (χ2v) is 6.53. The maximum atomic E-state index is 9.39. The van der Waals surface area contributed by atoms with Crippen LogP contribution in [0, 0.1) is 17.8 Å². The van der Waals surface area contributed by atoms with Crippen LogP contribution < -0.4 is 4.74 Å². The monoisotopic (exact) mass is 433 g/mol. The van der Waals surface area contributed by atoms with E-state index in [-0.39, 0.29) is 38.8 Å². The van der Waals surface area contributed by atoms with Crippen LogP contribution in [0.1, 0.15) is 37.0 Å². The van der Waals surface area contributed by atoms with Crippen molar-refractivity contribution in [2.75, 3.05) is 0 Å². The number of aromatic nitrogens is 2. The predicted molar refractivity (Wildman–Crippen MR) is 97.4 cm³/mol. The van der Waals surface area contributed by atoms with Crippen LogP contribution in [-0.4, -0.2) is 16.2 Å². The maximum Gasteiger partial charge on any atom is 0.258 e. The number of ether oxygens (including phenoxy) is 1. The molecule has 3 aromatic rings. The molecular formula is C21H18N3O2Y-. The van der Waals surface area contributed by atoms with Gasteiger partial charge in [-0.05, 0) is 37.6 Å². The summed E-state index contributed by atoms with van der Waals surface area (Å²) in [5, 5.41) is 13.5. The summed E-state index contributed by atoms with van der Waals surface area (Å²) in [6, 6.07) is 13.6. The van der Waals surface area contributed by atoms with Crippen molar-refractivity contribution in [1.82, 2.24) is 10.1 Å². The van der Waals surface area contributed by atoms with Crippen LogP contribution in [0.3, 0.4) is 0 Å². The van der Waals surface area contributed by atoms with Gasteiger partial charge in [0.25, 0.3) is 5.89 Å². The summed E-state index contributed by atoms with van der Waals surface area (Å²) in [4.78, 5) is 4.55. The van der Waals surface area contributed by atoms with Gasteiger partial charge >= 0.3 is 0 Å². The number of nitrogens with zero attached hydrogens (tertiary/aromatic N) is 3. The van der Waals surface area contributed by atoms with Gasteiger partial charge in [0.15, 0.2) is 5.82 Å². The van der Waals surface area contributed by atoms with Crippen molar-refractivity contribution in [3.8, 4) is 34.7 Å². The van der Waals surface area contributed by atoms with E-state index < -0.39 is 0 Å². The molecule has 5 nitrogen and oxygen atoms in total. The van der Waals surface area contributed by atoms with E-state index in [1.165, 1.54) is 11.1 Å². The second-order valence-electron chi connectivity index (χ2n) is 6.53. The van der Waals surface area contributed by atoms with Gasteiger partial charge in [0, 0.05) is 38.3 Å². The van der Waals surface area contributed by atoms with Gasteiger partial charge in [0.05, 0.1) is 11.7 Å². The molecule has 2 aromatic carbocycles. The summed E-state index contributed by atoms with van der Waals surface area (Å²) >= 11 is 0. The fourth-order valence-electron chi connectivity index (χ4n) is 3.21. The molecule has 0 amide bonds. The van der Waals surface area contributed by atoms with Crippen molar-refractivity contribution in [2.45, 2.75) is 32.8 Å². The van der Waals surface area contributed by atoms with Gasteiger partial charge in [0.1, 0.15) is 11.8 Å². The van der Waals surface area contributed by atoms with Crippen LogP contribution in [0.25, 0.3) is 22.8 Å². The first kappa shape index (κ1) is 19.6. The molecule has 1 aromatic heterocycles. The standard InChI is InChI=1S/C21H18N3O2.Y/c1-13(2)25-19-10-9-15(11-16(19)12-22)21-23-20(24-26-21)18-8-4-6-14-5-3-7-17(14)18;/h4-6,8-11,13H,3,7H2,1-2H3;/q-1;. The maximum absolute atomic E-state index is 9.39. The third kappa shape index (κ3) is 3.92. The van der Waals surface area contributed by atoms with Crippen molar-refractivity contribution >= 4 is 0 Å². The number of fused-ring (bicyclic) bond motifs is 1. The van der Waals surface area contributed by atoms with Crippen molar-refractivity contribution < 1.29 is 42.0 Å². The number of hydrogen-bond donors (Lipinski definition) is 0. The second kappa shape index (κ2) is 8.25. The molecule has 0 unspecified atom stereocenters. The third-order valence-electron chi connectivity index (χ3n) is 4.35. The Morgan fingerprint density at radius 1 is 1.26 bits per heavy atom. The molecule has 1 heterocycles. The Balaban J connectivity index is 0.00000210. The molecule has 0 bridgehead atoms. The van der Waals surface area contributed by atoms with Crippen LogP contribution in [0.4, 0.5) is 0 Å². The van der Waals surface area contributed by atoms with E-state index in [0.717, 1.165) is 18.4 Å². The van der Waals surface area contributed by atoms with Gasteiger partial charge in [0.2, 0.25) is 0 Å². The minimum atomic E-state index is -0.0000579. The van der Waals surface area contributed by atoms with Crippen molar-refractivity contribution in [2.24, 2.45) is 0 Å². The van der Waals surface area contributed by atoms with E-state index in [0.29, 0.717) is 28.6 Å². The smallest absolute Gasteiger partial charge is 0.258 e. The molecule has 0 fully saturated rings. The van der Waals surface area contributed by atoms with Crippen molar-refractivity contribution in [1.29, 1.82) is 5.26 Å². The van der Waals surface area contributed by atoms with Crippen LogP contribution >= 0.6 is 0 Å². The first-order chi connectivity index (χ1) is 12.7. The molecule has 0 N–H and O–H groups in total. The number of benzene rings is 2. The van der Waals surface area contributed by atoms with E-state index in [1.807, 2.05) is 32.0 Å². The first-order valence-electron chi connectivity index (χ1n) is 8.66. The average Bonchev–Trinajstić information content (AvgIpc) is 3.30. The molecule has 0 saturated carbocycles. The zero-order valence-electron chi connectivity index (χ0n) is 15.3. The van der Waals surface area contributed by atoms with Crippen LogP contribution in [0.2, 0.25) is 0 Å². The summed E-state index contributed by atoms with van der Waals surface area (Å²) in [5.41, 5.74) is 4.67. The summed E-state index contributed by atoms with van der Waals surface area (Å²) in [7, 11) is 0. The predicted octanol–water partition coefficient (Wildman–Crippen LogP) is 4.56. The van der Waals surface area contributed by atoms with Crippen molar-refractivity contribution in [3.63, 3.8) is 0 Å². The molecule has 1 radical (unpaired) electrons. The number of rotatable bonds is 4. The summed E-state index contributed by atoms with van der Waals surface area (Å²) < 4.78 is 11.1. The molecule has 1 aliphatic carbocycles. The first-order valence-corrected chi connectivity index (χ1v) is 8.66. The molecule has 4 rings (SSSR count). The molecule has 0 spiro atoms. The molecule has 6 heteroatoms. The van der Waals surface area contributed by atoms with E-state index in [9.17, 15) is 5.26 Å². The molecular weight excluding hydrogens is 415 g/mol. The Kier molecular flexibility index (Phi) is 5.99. The third-order valence-corrected chi connectivity index (χ3v) is 4.35. The fraction of sp³-hybridized carbons (Fsp3) is 0.238. The van der Waals surface area contributed by atoms with Gasteiger partial charge < -0.3 is 9.26 Å². The Bertz CT molecular complexity index is 1000. The van der Waals surface area contributed by atoms with Crippen LogP contribution in [-0.2, 0) is 39.1 Å².